The molecule has 0 spiro atoms. The summed E-state index contributed by atoms with van der Waals surface area (Å²) < 4.78 is 0. The minimum Gasteiger partial charge on any atom is -0.410 e. The van der Waals surface area contributed by atoms with Gasteiger partial charge in [0.1, 0.15) is 0 Å². The van der Waals surface area contributed by atoms with Gasteiger partial charge in [-0.25, -0.2) is 0 Å². The number of oxime groups is 2. The summed E-state index contributed by atoms with van der Waals surface area (Å²) in [6, 6.07) is 0. The van der Waals surface area contributed by atoms with Gasteiger partial charge in [0.05, 0.1) is 0 Å². The SMILES string of the molecule is CCCCCCN1C(=O)/C(=N/O)S/C(=N\O)C1O. The summed E-state index contributed by atoms with van der Waals surface area (Å²) in [6.45, 7) is 2.41. The second-order valence-electron chi connectivity index (χ2n) is 3.88. The van der Waals surface area contributed by atoms with Crippen molar-refractivity contribution in [2.24, 2.45) is 10.3 Å². The molecule has 1 saturated heterocycles. The predicted molar refractivity (Wildman–Crippen MR) is 67.9 cm³/mol. The summed E-state index contributed by atoms with van der Waals surface area (Å²) >= 11 is 0.654. The molecule has 1 rings (SSSR count). The summed E-state index contributed by atoms with van der Waals surface area (Å²) in [5, 5.41) is 32.7. The molecule has 1 amide bonds. The summed E-state index contributed by atoms with van der Waals surface area (Å²) in [7, 11) is 0. The highest BCUT2D eigenvalue weighted by atomic mass is 32.2. The van der Waals surface area contributed by atoms with Gasteiger partial charge in [0.25, 0.3) is 5.91 Å². The van der Waals surface area contributed by atoms with Crippen LogP contribution in [-0.4, -0.2) is 49.2 Å². The number of aliphatic hydroxyl groups is 1. The van der Waals surface area contributed by atoms with Gasteiger partial charge < -0.3 is 20.4 Å². The molecule has 1 heterocycles. The van der Waals surface area contributed by atoms with Crippen LogP contribution in [-0.2, 0) is 4.79 Å². The smallest absolute Gasteiger partial charge is 0.285 e. The van der Waals surface area contributed by atoms with Crippen LogP contribution in [0.3, 0.4) is 0 Å². The van der Waals surface area contributed by atoms with E-state index >= 15 is 0 Å². The molecule has 8 heteroatoms. The van der Waals surface area contributed by atoms with Crippen molar-refractivity contribution in [2.75, 3.05) is 6.54 Å². The van der Waals surface area contributed by atoms with Gasteiger partial charge >= 0.3 is 0 Å². The second kappa shape index (κ2) is 7.22. The molecule has 1 unspecified atom stereocenters. The van der Waals surface area contributed by atoms with Crippen molar-refractivity contribution >= 4 is 27.8 Å². The van der Waals surface area contributed by atoms with E-state index in [4.69, 9.17) is 10.4 Å². The van der Waals surface area contributed by atoms with E-state index in [0.29, 0.717) is 18.3 Å². The lowest BCUT2D eigenvalue weighted by Crippen LogP contribution is -2.51. The lowest BCUT2D eigenvalue weighted by atomic mass is 10.2. The minimum absolute atomic E-state index is 0.0714. The molecular formula is C10H17N3O4S. The van der Waals surface area contributed by atoms with Crippen molar-refractivity contribution < 1.29 is 20.3 Å². The van der Waals surface area contributed by atoms with E-state index in [2.05, 4.69) is 17.2 Å². The number of rotatable bonds is 5. The maximum atomic E-state index is 11.8. The highest BCUT2D eigenvalue weighted by Gasteiger charge is 2.37. The molecule has 1 atom stereocenters. The third kappa shape index (κ3) is 3.36. The number of aliphatic hydroxyl groups excluding tert-OH is 1. The zero-order valence-electron chi connectivity index (χ0n) is 10.1. The monoisotopic (exact) mass is 275 g/mol. The molecule has 102 valence electrons. The third-order valence-electron chi connectivity index (χ3n) is 2.60. The first-order valence-corrected chi connectivity index (χ1v) is 6.58. The highest BCUT2D eigenvalue weighted by molar-refractivity contribution is 8.28. The average Bonchev–Trinajstić information content (AvgIpc) is 2.38. The van der Waals surface area contributed by atoms with Crippen LogP contribution in [0.4, 0.5) is 0 Å². The molecule has 7 nitrogen and oxygen atoms in total. The lowest BCUT2D eigenvalue weighted by molar-refractivity contribution is -0.130. The number of amides is 1. The largest absolute Gasteiger partial charge is 0.410 e. The zero-order chi connectivity index (χ0) is 13.5. The molecule has 0 saturated carbocycles. The molecule has 0 radical (unpaired) electrons. The van der Waals surface area contributed by atoms with Crippen LogP contribution >= 0.6 is 11.8 Å². The number of nitrogens with zero attached hydrogens (tertiary/aromatic N) is 3. The van der Waals surface area contributed by atoms with E-state index in [-0.39, 0.29) is 10.1 Å². The Bertz CT molecular complexity index is 359. The van der Waals surface area contributed by atoms with Crippen molar-refractivity contribution in [3.05, 3.63) is 0 Å². The highest BCUT2D eigenvalue weighted by Crippen LogP contribution is 2.22. The number of unbranched alkanes of at least 4 members (excludes halogenated alkanes) is 3. The van der Waals surface area contributed by atoms with E-state index in [0.717, 1.165) is 30.6 Å². The van der Waals surface area contributed by atoms with Gasteiger partial charge in [-0.15, -0.1) is 0 Å². The fraction of sp³-hybridized carbons (Fsp3) is 0.700. The van der Waals surface area contributed by atoms with Gasteiger partial charge in [-0.2, -0.15) is 0 Å². The Morgan fingerprint density at radius 1 is 1.28 bits per heavy atom. The lowest BCUT2D eigenvalue weighted by Gasteiger charge is -2.31. The maximum absolute atomic E-state index is 11.8. The fourth-order valence-electron chi connectivity index (χ4n) is 1.63. The molecule has 1 fully saturated rings. The summed E-state index contributed by atoms with van der Waals surface area (Å²) in [6.07, 6.45) is 2.52. The molecular weight excluding hydrogens is 258 g/mol. The van der Waals surface area contributed by atoms with Crippen molar-refractivity contribution in [3.63, 3.8) is 0 Å². The number of thioether (sulfide) groups is 1. The Hall–Kier alpha value is -1.28. The fourth-order valence-corrected chi connectivity index (χ4v) is 2.35. The van der Waals surface area contributed by atoms with Crippen LogP contribution in [0.2, 0.25) is 0 Å². The Morgan fingerprint density at radius 2 is 2.00 bits per heavy atom. The topological polar surface area (TPSA) is 106 Å². The Labute approximate surface area is 109 Å². The molecule has 1 aliphatic heterocycles. The number of hydrogen-bond acceptors (Lipinski definition) is 7. The first-order chi connectivity index (χ1) is 8.65. The van der Waals surface area contributed by atoms with Crippen LogP contribution in [0.25, 0.3) is 0 Å². The Kier molecular flexibility index (Phi) is 5.93. The number of hydrogen-bond donors (Lipinski definition) is 3. The molecule has 1 aliphatic rings. The summed E-state index contributed by atoms with van der Waals surface area (Å²) in [5.74, 6) is -0.557. The number of carbonyl (C=O) groups excluding carboxylic acids is 1. The van der Waals surface area contributed by atoms with Crippen LogP contribution in [0.5, 0.6) is 0 Å². The second-order valence-corrected chi connectivity index (χ2v) is 4.89. The molecule has 18 heavy (non-hydrogen) atoms. The quantitative estimate of drug-likeness (QED) is 0.395. The minimum atomic E-state index is -1.28. The van der Waals surface area contributed by atoms with E-state index in [9.17, 15) is 9.90 Å². The van der Waals surface area contributed by atoms with Crippen LogP contribution < -0.4 is 0 Å². The molecule has 0 aromatic carbocycles. The molecule has 0 aromatic rings. The maximum Gasteiger partial charge on any atom is 0.285 e. The molecule has 3 N–H and O–H groups in total. The van der Waals surface area contributed by atoms with E-state index in [1.807, 2.05) is 0 Å². The Balaban J connectivity index is 2.69. The van der Waals surface area contributed by atoms with Gasteiger partial charge in [-0.1, -0.05) is 36.5 Å². The molecule has 0 aromatic heterocycles. The van der Waals surface area contributed by atoms with Crippen LogP contribution in [0.15, 0.2) is 10.3 Å². The zero-order valence-corrected chi connectivity index (χ0v) is 10.9. The molecule has 0 aliphatic carbocycles. The Morgan fingerprint density at radius 3 is 2.56 bits per heavy atom. The van der Waals surface area contributed by atoms with Gasteiger partial charge in [0, 0.05) is 6.54 Å². The third-order valence-corrected chi connectivity index (χ3v) is 3.55. The summed E-state index contributed by atoms with van der Waals surface area (Å²) in [5.41, 5.74) is 0. The average molecular weight is 275 g/mol. The van der Waals surface area contributed by atoms with Crippen molar-refractivity contribution in [2.45, 2.75) is 38.8 Å². The van der Waals surface area contributed by atoms with Crippen molar-refractivity contribution in [3.8, 4) is 0 Å². The van der Waals surface area contributed by atoms with Crippen LogP contribution in [0.1, 0.15) is 32.6 Å². The summed E-state index contributed by atoms with van der Waals surface area (Å²) in [4.78, 5) is 12.9. The van der Waals surface area contributed by atoms with Crippen LogP contribution in [0, 0.1) is 0 Å². The van der Waals surface area contributed by atoms with Crippen molar-refractivity contribution in [1.82, 2.24) is 4.90 Å². The first kappa shape index (κ1) is 14.8. The van der Waals surface area contributed by atoms with Gasteiger partial charge in [-0.3, -0.25) is 4.79 Å². The molecule has 0 bridgehead atoms. The van der Waals surface area contributed by atoms with E-state index in [1.165, 1.54) is 0 Å². The van der Waals surface area contributed by atoms with Gasteiger partial charge in [0.2, 0.25) is 5.04 Å². The standard InChI is InChI=1S/C10H17N3O4S/c1-2-3-4-5-6-13-9(14)7(11-16)18-8(12-17)10(13)15/h9,14,16-17H,2-6H2,1H3/b11-7-,12-8-. The van der Waals surface area contributed by atoms with E-state index < -0.39 is 12.1 Å². The van der Waals surface area contributed by atoms with E-state index in [1.54, 1.807) is 0 Å². The van der Waals surface area contributed by atoms with Gasteiger partial charge in [0.15, 0.2) is 11.3 Å². The van der Waals surface area contributed by atoms with Gasteiger partial charge in [-0.05, 0) is 18.2 Å². The predicted octanol–water partition coefficient (Wildman–Crippen LogP) is 1.04. The first-order valence-electron chi connectivity index (χ1n) is 5.76. The normalized spacial score (nSPS) is 25.1. The number of carbonyl (C=O) groups is 1. The van der Waals surface area contributed by atoms with Crippen molar-refractivity contribution in [1.29, 1.82) is 0 Å².